The van der Waals surface area contributed by atoms with Crippen molar-refractivity contribution in [1.82, 2.24) is 15.5 Å². The molecule has 1 rings (SSSR count). The maximum absolute atomic E-state index is 11.4. The number of hydrogen-bond donors (Lipinski definition) is 2. The van der Waals surface area contributed by atoms with Crippen LogP contribution < -0.4 is 10.6 Å². The zero-order valence-corrected chi connectivity index (χ0v) is 8.63. The fourth-order valence-corrected chi connectivity index (χ4v) is 1.62. The second-order valence-corrected chi connectivity index (χ2v) is 4.00. The molecule has 1 aliphatic heterocycles. The Morgan fingerprint density at radius 3 is 2.92 bits per heavy atom. The first-order valence-electron chi connectivity index (χ1n) is 4.83. The summed E-state index contributed by atoms with van der Waals surface area (Å²) in [5.41, 5.74) is 0. The summed E-state index contributed by atoms with van der Waals surface area (Å²) in [6.07, 6.45) is 0. The first-order valence-corrected chi connectivity index (χ1v) is 4.83. The van der Waals surface area contributed by atoms with Gasteiger partial charge >= 0.3 is 6.03 Å². The smallest absolute Gasteiger partial charge is 0.317 e. The van der Waals surface area contributed by atoms with E-state index in [0.29, 0.717) is 5.92 Å². The molecule has 0 spiro atoms. The molecule has 1 saturated heterocycles. The van der Waals surface area contributed by atoms with Crippen molar-refractivity contribution in [2.75, 3.05) is 26.7 Å². The predicted molar refractivity (Wildman–Crippen MR) is 52.7 cm³/mol. The minimum Gasteiger partial charge on any atom is -0.332 e. The molecule has 1 fully saturated rings. The SMILES string of the molecule is CNCC1CN(CC(C)C)C(=O)N1. The van der Waals surface area contributed by atoms with Crippen LogP contribution in [0.2, 0.25) is 0 Å². The fraction of sp³-hybridized carbons (Fsp3) is 0.889. The molecule has 1 aliphatic rings. The van der Waals surface area contributed by atoms with Crippen LogP contribution in [0.25, 0.3) is 0 Å². The Bertz CT molecular complexity index is 182. The summed E-state index contributed by atoms with van der Waals surface area (Å²) in [6.45, 7) is 6.78. The highest BCUT2D eigenvalue weighted by Gasteiger charge is 2.27. The van der Waals surface area contributed by atoms with E-state index in [4.69, 9.17) is 0 Å². The molecule has 1 atom stereocenters. The molecule has 4 nitrogen and oxygen atoms in total. The van der Waals surface area contributed by atoms with Crippen molar-refractivity contribution in [3.8, 4) is 0 Å². The van der Waals surface area contributed by atoms with E-state index >= 15 is 0 Å². The second kappa shape index (κ2) is 4.46. The van der Waals surface area contributed by atoms with Crippen LogP contribution in [0.4, 0.5) is 4.79 Å². The molecule has 0 radical (unpaired) electrons. The van der Waals surface area contributed by atoms with Crippen LogP contribution in [0.1, 0.15) is 13.8 Å². The average molecular weight is 185 g/mol. The van der Waals surface area contributed by atoms with Crippen molar-refractivity contribution in [2.45, 2.75) is 19.9 Å². The largest absolute Gasteiger partial charge is 0.332 e. The molecule has 76 valence electrons. The Morgan fingerprint density at radius 1 is 1.69 bits per heavy atom. The highest BCUT2D eigenvalue weighted by molar-refractivity contribution is 5.76. The van der Waals surface area contributed by atoms with E-state index in [1.54, 1.807) is 0 Å². The van der Waals surface area contributed by atoms with Gasteiger partial charge in [0.15, 0.2) is 0 Å². The van der Waals surface area contributed by atoms with E-state index < -0.39 is 0 Å². The van der Waals surface area contributed by atoms with Gasteiger partial charge in [-0.3, -0.25) is 0 Å². The van der Waals surface area contributed by atoms with Crippen molar-refractivity contribution in [1.29, 1.82) is 0 Å². The molecular formula is C9H19N3O. The van der Waals surface area contributed by atoms with Crippen LogP contribution in [0.3, 0.4) is 0 Å². The number of hydrogen-bond acceptors (Lipinski definition) is 2. The van der Waals surface area contributed by atoms with E-state index in [1.807, 2.05) is 11.9 Å². The number of carbonyl (C=O) groups excluding carboxylic acids is 1. The number of rotatable bonds is 4. The van der Waals surface area contributed by atoms with Gasteiger partial charge in [-0.2, -0.15) is 0 Å². The summed E-state index contributed by atoms with van der Waals surface area (Å²) >= 11 is 0. The van der Waals surface area contributed by atoms with E-state index in [-0.39, 0.29) is 12.1 Å². The molecule has 13 heavy (non-hydrogen) atoms. The fourth-order valence-electron chi connectivity index (χ4n) is 1.62. The molecule has 0 aromatic carbocycles. The quantitative estimate of drug-likeness (QED) is 0.659. The third-order valence-electron chi connectivity index (χ3n) is 2.09. The van der Waals surface area contributed by atoms with E-state index in [9.17, 15) is 4.79 Å². The molecular weight excluding hydrogens is 166 g/mol. The Labute approximate surface area is 79.7 Å². The monoisotopic (exact) mass is 185 g/mol. The van der Waals surface area contributed by atoms with Gasteiger partial charge < -0.3 is 15.5 Å². The number of nitrogens with one attached hydrogen (secondary N) is 2. The normalized spacial score (nSPS) is 22.6. The van der Waals surface area contributed by atoms with Crippen LogP contribution in [0, 0.1) is 5.92 Å². The average Bonchev–Trinajstić information content (AvgIpc) is 2.31. The van der Waals surface area contributed by atoms with Crippen molar-refractivity contribution in [3.63, 3.8) is 0 Å². The van der Waals surface area contributed by atoms with E-state index in [2.05, 4.69) is 24.5 Å². The van der Waals surface area contributed by atoms with Gasteiger partial charge in [-0.05, 0) is 13.0 Å². The van der Waals surface area contributed by atoms with E-state index in [1.165, 1.54) is 0 Å². The molecule has 2 amide bonds. The highest BCUT2D eigenvalue weighted by atomic mass is 16.2. The number of nitrogens with zero attached hydrogens (tertiary/aromatic N) is 1. The standard InChI is InChI=1S/C9H19N3O/c1-7(2)5-12-6-8(4-10-3)11-9(12)13/h7-8,10H,4-6H2,1-3H3,(H,11,13). The summed E-state index contributed by atoms with van der Waals surface area (Å²) in [5.74, 6) is 0.541. The zero-order valence-electron chi connectivity index (χ0n) is 8.63. The Morgan fingerprint density at radius 2 is 2.38 bits per heavy atom. The van der Waals surface area contributed by atoms with E-state index in [0.717, 1.165) is 19.6 Å². The maximum Gasteiger partial charge on any atom is 0.317 e. The molecule has 4 heteroatoms. The number of urea groups is 1. The van der Waals surface area contributed by atoms with Gasteiger partial charge in [0.2, 0.25) is 0 Å². The summed E-state index contributed by atoms with van der Waals surface area (Å²) in [7, 11) is 1.90. The van der Waals surface area contributed by atoms with Crippen molar-refractivity contribution >= 4 is 6.03 Å². The summed E-state index contributed by atoms with van der Waals surface area (Å²) in [6, 6.07) is 0.352. The molecule has 0 aromatic heterocycles. The Balaban J connectivity index is 2.37. The lowest BCUT2D eigenvalue weighted by atomic mass is 10.2. The second-order valence-electron chi connectivity index (χ2n) is 4.00. The van der Waals surface area contributed by atoms with Crippen molar-refractivity contribution < 1.29 is 4.79 Å². The van der Waals surface area contributed by atoms with Crippen LogP contribution in [-0.4, -0.2) is 43.7 Å². The molecule has 0 saturated carbocycles. The third kappa shape index (κ3) is 2.88. The minimum atomic E-state index is 0.0777. The third-order valence-corrected chi connectivity index (χ3v) is 2.09. The van der Waals surface area contributed by atoms with Crippen molar-refractivity contribution in [3.05, 3.63) is 0 Å². The van der Waals surface area contributed by atoms with Crippen LogP contribution in [0.5, 0.6) is 0 Å². The number of likely N-dealkylation sites (N-methyl/N-ethyl adjacent to an activating group) is 1. The first-order chi connectivity index (χ1) is 6.13. The van der Waals surface area contributed by atoms with Gasteiger partial charge in [-0.1, -0.05) is 13.8 Å². The molecule has 0 bridgehead atoms. The number of carbonyl (C=O) groups is 1. The Hall–Kier alpha value is -0.770. The van der Waals surface area contributed by atoms with Gasteiger partial charge in [-0.25, -0.2) is 4.79 Å². The lowest BCUT2D eigenvalue weighted by Gasteiger charge is -2.16. The van der Waals surface area contributed by atoms with Crippen molar-refractivity contribution in [2.24, 2.45) is 5.92 Å². The Kier molecular flexibility index (Phi) is 3.54. The molecule has 1 unspecified atom stereocenters. The van der Waals surface area contributed by atoms with Gasteiger partial charge in [0, 0.05) is 19.6 Å². The van der Waals surface area contributed by atoms with Crippen LogP contribution >= 0.6 is 0 Å². The molecule has 2 N–H and O–H groups in total. The van der Waals surface area contributed by atoms with Gasteiger partial charge in [0.05, 0.1) is 6.04 Å². The molecule has 0 aromatic rings. The minimum absolute atomic E-state index is 0.0777. The number of amides is 2. The summed E-state index contributed by atoms with van der Waals surface area (Å²) in [4.78, 5) is 13.3. The summed E-state index contributed by atoms with van der Waals surface area (Å²) in [5, 5.41) is 6.00. The van der Waals surface area contributed by atoms with Crippen LogP contribution in [-0.2, 0) is 0 Å². The lowest BCUT2D eigenvalue weighted by Crippen LogP contribution is -2.35. The van der Waals surface area contributed by atoms with Gasteiger partial charge in [0.25, 0.3) is 0 Å². The highest BCUT2D eigenvalue weighted by Crippen LogP contribution is 2.06. The van der Waals surface area contributed by atoms with Gasteiger partial charge in [-0.15, -0.1) is 0 Å². The zero-order chi connectivity index (χ0) is 9.84. The van der Waals surface area contributed by atoms with Gasteiger partial charge in [0.1, 0.15) is 0 Å². The lowest BCUT2D eigenvalue weighted by molar-refractivity contribution is 0.211. The maximum atomic E-state index is 11.4. The first kappa shape index (κ1) is 10.3. The van der Waals surface area contributed by atoms with Crippen LogP contribution in [0.15, 0.2) is 0 Å². The molecule has 0 aliphatic carbocycles. The predicted octanol–water partition coefficient (Wildman–Crippen LogP) is 0.256. The topological polar surface area (TPSA) is 44.4 Å². The molecule has 1 heterocycles. The summed E-state index contributed by atoms with van der Waals surface area (Å²) < 4.78 is 0.